The first kappa shape index (κ1) is 12.2. The second-order valence-electron chi connectivity index (χ2n) is 3.97. The van der Waals surface area contributed by atoms with E-state index in [4.69, 9.17) is 5.73 Å². The molecule has 3 N–H and O–H groups in total. The first-order chi connectivity index (χ1) is 7.04. The summed E-state index contributed by atoms with van der Waals surface area (Å²) in [5.74, 6) is 0.345. The van der Waals surface area contributed by atoms with Crippen LogP contribution in [0, 0.1) is 12.8 Å². The third-order valence-electron chi connectivity index (χ3n) is 2.34. The standard InChI is InChI=1S/C11H18N2OS/c1-7(2)9(6-12)13-11(14)10-5-4-8(3)15-10/h4-5,7,9H,6,12H2,1-3H3,(H,13,14). The first-order valence-electron chi connectivity index (χ1n) is 5.12. The summed E-state index contributed by atoms with van der Waals surface area (Å²) in [4.78, 5) is 13.7. The maximum Gasteiger partial charge on any atom is 0.261 e. The van der Waals surface area contributed by atoms with Gasteiger partial charge in [-0.05, 0) is 25.0 Å². The average molecular weight is 226 g/mol. The van der Waals surface area contributed by atoms with Gasteiger partial charge in [0, 0.05) is 17.5 Å². The van der Waals surface area contributed by atoms with Crippen molar-refractivity contribution < 1.29 is 4.79 Å². The lowest BCUT2D eigenvalue weighted by molar-refractivity contribution is 0.0932. The van der Waals surface area contributed by atoms with E-state index in [0.29, 0.717) is 12.5 Å². The minimum absolute atomic E-state index is 0.0164. The Hall–Kier alpha value is -0.870. The van der Waals surface area contributed by atoms with Gasteiger partial charge in [-0.3, -0.25) is 4.79 Å². The van der Waals surface area contributed by atoms with Gasteiger partial charge >= 0.3 is 0 Å². The highest BCUT2D eigenvalue weighted by Crippen LogP contribution is 2.15. The number of carbonyl (C=O) groups is 1. The lowest BCUT2D eigenvalue weighted by Crippen LogP contribution is -2.43. The number of carbonyl (C=O) groups excluding carboxylic acids is 1. The van der Waals surface area contributed by atoms with Gasteiger partial charge in [-0.2, -0.15) is 0 Å². The van der Waals surface area contributed by atoms with Crippen LogP contribution in [-0.2, 0) is 0 Å². The molecular weight excluding hydrogens is 208 g/mol. The van der Waals surface area contributed by atoms with Crippen LogP contribution in [0.5, 0.6) is 0 Å². The third kappa shape index (κ3) is 3.32. The number of hydrogen-bond donors (Lipinski definition) is 2. The Bertz CT molecular complexity index is 333. The molecule has 0 fully saturated rings. The van der Waals surface area contributed by atoms with Gasteiger partial charge in [0.05, 0.1) is 4.88 Å². The van der Waals surface area contributed by atoms with Crippen molar-refractivity contribution in [2.75, 3.05) is 6.54 Å². The van der Waals surface area contributed by atoms with E-state index < -0.39 is 0 Å². The van der Waals surface area contributed by atoms with Gasteiger partial charge in [-0.25, -0.2) is 0 Å². The molecule has 0 aliphatic heterocycles. The summed E-state index contributed by atoms with van der Waals surface area (Å²) in [7, 11) is 0. The van der Waals surface area contributed by atoms with Crippen LogP contribution in [-0.4, -0.2) is 18.5 Å². The summed E-state index contributed by atoms with van der Waals surface area (Å²) in [5, 5.41) is 2.94. The van der Waals surface area contributed by atoms with Gasteiger partial charge in [0.2, 0.25) is 0 Å². The molecule has 0 saturated heterocycles. The van der Waals surface area contributed by atoms with Crippen molar-refractivity contribution in [1.82, 2.24) is 5.32 Å². The molecule has 1 unspecified atom stereocenters. The minimum Gasteiger partial charge on any atom is -0.347 e. The van der Waals surface area contributed by atoms with Crippen molar-refractivity contribution in [1.29, 1.82) is 0 Å². The van der Waals surface area contributed by atoms with E-state index in [0.717, 1.165) is 9.75 Å². The van der Waals surface area contributed by atoms with Crippen LogP contribution >= 0.6 is 11.3 Å². The number of aryl methyl sites for hydroxylation is 1. The Morgan fingerprint density at radius 1 is 1.53 bits per heavy atom. The quantitative estimate of drug-likeness (QED) is 0.822. The van der Waals surface area contributed by atoms with Crippen LogP contribution in [0.15, 0.2) is 12.1 Å². The molecule has 0 spiro atoms. The topological polar surface area (TPSA) is 55.1 Å². The number of hydrogen-bond acceptors (Lipinski definition) is 3. The summed E-state index contributed by atoms with van der Waals surface area (Å²) < 4.78 is 0. The fraction of sp³-hybridized carbons (Fsp3) is 0.545. The van der Waals surface area contributed by atoms with Gasteiger partial charge < -0.3 is 11.1 Å². The number of nitrogens with one attached hydrogen (secondary N) is 1. The minimum atomic E-state index is -0.0164. The van der Waals surface area contributed by atoms with E-state index in [9.17, 15) is 4.79 Å². The lowest BCUT2D eigenvalue weighted by atomic mass is 10.0. The van der Waals surface area contributed by atoms with E-state index in [2.05, 4.69) is 19.2 Å². The summed E-state index contributed by atoms with van der Waals surface area (Å²) in [6.45, 7) is 6.58. The van der Waals surface area contributed by atoms with Gasteiger partial charge in [-0.15, -0.1) is 11.3 Å². The Morgan fingerprint density at radius 3 is 2.60 bits per heavy atom. The molecular formula is C11H18N2OS. The molecule has 1 aromatic rings. The van der Waals surface area contributed by atoms with Crippen molar-refractivity contribution in [2.45, 2.75) is 26.8 Å². The van der Waals surface area contributed by atoms with E-state index in [1.165, 1.54) is 11.3 Å². The molecule has 1 aromatic heterocycles. The molecule has 0 saturated carbocycles. The van der Waals surface area contributed by atoms with Crippen LogP contribution in [0.25, 0.3) is 0 Å². The molecule has 1 atom stereocenters. The predicted molar refractivity (Wildman–Crippen MR) is 64.2 cm³/mol. The van der Waals surface area contributed by atoms with Gasteiger partial charge in [0.1, 0.15) is 0 Å². The summed E-state index contributed by atoms with van der Waals surface area (Å²) in [6, 6.07) is 3.86. The molecule has 3 nitrogen and oxygen atoms in total. The number of thiophene rings is 1. The highest BCUT2D eigenvalue weighted by molar-refractivity contribution is 7.13. The van der Waals surface area contributed by atoms with Crippen molar-refractivity contribution in [3.05, 3.63) is 21.9 Å². The second-order valence-corrected chi connectivity index (χ2v) is 5.26. The predicted octanol–water partition coefficient (Wildman–Crippen LogP) is 1.77. The maximum absolute atomic E-state index is 11.8. The van der Waals surface area contributed by atoms with E-state index in [-0.39, 0.29) is 11.9 Å². The van der Waals surface area contributed by atoms with Crippen LogP contribution in [0.4, 0.5) is 0 Å². The molecule has 1 heterocycles. The zero-order valence-corrected chi connectivity index (χ0v) is 10.2. The average Bonchev–Trinajstić information content (AvgIpc) is 2.60. The molecule has 0 aliphatic rings. The molecule has 4 heteroatoms. The zero-order valence-electron chi connectivity index (χ0n) is 9.41. The normalized spacial score (nSPS) is 12.9. The first-order valence-corrected chi connectivity index (χ1v) is 5.93. The highest BCUT2D eigenvalue weighted by Gasteiger charge is 2.16. The highest BCUT2D eigenvalue weighted by atomic mass is 32.1. The fourth-order valence-corrected chi connectivity index (χ4v) is 2.06. The number of rotatable bonds is 4. The smallest absolute Gasteiger partial charge is 0.261 e. The fourth-order valence-electron chi connectivity index (χ4n) is 1.29. The van der Waals surface area contributed by atoms with Crippen LogP contribution < -0.4 is 11.1 Å². The van der Waals surface area contributed by atoms with E-state index >= 15 is 0 Å². The zero-order chi connectivity index (χ0) is 11.4. The Balaban J connectivity index is 2.62. The van der Waals surface area contributed by atoms with E-state index in [1.54, 1.807) is 0 Å². The van der Waals surface area contributed by atoms with Crippen LogP contribution in [0.2, 0.25) is 0 Å². The third-order valence-corrected chi connectivity index (χ3v) is 3.34. The summed E-state index contributed by atoms with van der Waals surface area (Å²) in [5.41, 5.74) is 5.59. The molecule has 0 radical (unpaired) electrons. The molecule has 0 aromatic carbocycles. The Kier molecular flexibility index (Phi) is 4.29. The molecule has 0 bridgehead atoms. The summed E-state index contributed by atoms with van der Waals surface area (Å²) >= 11 is 1.51. The van der Waals surface area contributed by atoms with Crippen molar-refractivity contribution >= 4 is 17.2 Å². The van der Waals surface area contributed by atoms with Crippen LogP contribution in [0.1, 0.15) is 28.4 Å². The van der Waals surface area contributed by atoms with Gasteiger partial charge in [0.25, 0.3) is 5.91 Å². The van der Waals surface area contributed by atoms with Gasteiger partial charge in [-0.1, -0.05) is 13.8 Å². The SMILES string of the molecule is Cc1ccc(C(=O)NC(CN)C(C)C)s1. The van der Waals surface area contributed by atoms with Gasteiger partial charge in [0.15, 0.2) is 0 Å². The summed E-state index contributed by atoms with van der Waals surface area (Å²) in [6.07, 6.45) is 0. The molecule has 84 valence electrons. The van der Waals surface area contributed by atoms with E-state index in [1.807, 2.05) is 19.1 Å². The molecule has 1 rings (SSSR count). The maximum atomic E-state index is 11.8. The molecule has 0 aliphatic carbocycles. The lowest BCUT2D eigenvalue weighted by Gasteiger charge is -2.19. The second kappa shape index (κ2) is 5.28. The van der Waals surface area contributed by atoms with Crippen molar-refractivity contribution in [3.63, 3.8) is 0 Å². The largest absolute Gasteiger partial charge is 0.347 e. The number of amides is 1. The Labute approximate surface area is 94.7 Å². The number of nitrogens with two attached hydrogens (primary N) is 1. The monoisotopic (exact) mass is 226 g/mol. The molecule has 1 amide bonds. The Morgan fingerprint density at radius 2 is 2.20 bits per heavy atom. The van der Waals surface area contributed by atoms with Crippen molar-refractivity contribution in [2.24, 2.45) is 11.7 Å². The van der Waals surface area contributed by atoms with Crippen molar-refractivity contribution in [3.8, 4) is 0 Å². The molecule has 15 heavy (non-hydrogen) atoms. The van der Waals surface area contributed by atoms with Crippen LogP contribution in [0.3, 0.4) is 0 Å².